The molecule has 2 aliphatic heterocycles. The molecule has 4 aliphatic rings. The summed E-state index contributed by atoms with van der Waals surface area (Å²) in [6.07, 6.45) is 6.63. The van der Waals surface area contributed by atoms with Gasteiger partial charge in [0.25, 0.3) is 6.29 Å². The van der Waals surface area contributed by atoms with Crippen LogP contribution in [0.3, 0.4) is 0 Å². The molecule has 5 rings (SSSR count). The predicted molar refractivity (Wildman–Crippen MR) is 115 cm³/mol. The van der Waals surface area contributed by atoms with E-state index >= 15 is 0 Å². The van der Waals surface area contributed by atoms with Crippen LogP contribution in [-0.4, -0.2) is 11.6 Å². The highest BCUT2D eigenvalue weighted by molar-refractivity contribution is 5.92. The fourth-order valence-corrected chi connectivity index (χ4v) is 7.25. The Morgan fingerprint density at radius 2 is 1.90 bits per heavy atom. The zero-order valence-corrected chi connectivity index (χ0v) is 18.5. The van der Waals surface area contributed by atoms with E-state index in [-0.39, 0.29) is 22.7 Å². The highest BCUT2D eigenvalue weighted by Crippen LogP contribution is 2.66. The summed E-state index contributed by atoms with van der Waals surface area (Å²) in [6, 6.07) is 7.88. The molecule has 4 heteroatoms. The predicted octanol–water partition coefficient (Wildman–Crippen LogP) is 6.14. The first-order valence-corrected chi connectivity index (χ1v) is 11.2. The summed E-state index contributed by atoms with van der Waals surface area (Å²) < 4.78 is 17.9. The lowest BCUT2D eigenvalue weighted by Gasteiger charge is -2.59. The van der Waals surface area contributed by atoms with Gasteiger partial charge in [-0.2, -0.15) is 0 Å². The van der Waals surface area contributed by atoms with Crippen LogP contribution in [0.5, 0.6) is 0 Å². The van der Waals surface area contributed by atoms with E-state index in [4.69, 9.17) is 14.2 Å². The first kappa shape index (κ1) is 19.7. The first-order valence-electron chi connectivity index (χ1n) is 11.2. The molecule has 4 nitrogen and oxygen atoms in total. The molecular formula is C26H32O4. The third-order valence-corrected chi connectivity index (χ3v) is 8.43. The number of ether oxygens (including phenoxy) is 3. The highest BCUT2D eigenvalue weighted by atomic mass is 16.7. The minimum atomic E-state index is -0.573. The van der Waals surface area contributed by atoms with E-state index in [0.717, 1.165) is 30.4 Å². The molecule has 2 saturated carbocycles. The molecule has 0 bridgehead atoms. The van der Waals surface area contributed by atoms with E-state index in [2.05, 4.69) is 34.3 Å². The Kier molecular flexibility index (Phi) is 4.20. The number of fused-ring (bicyclic) bond motifs is 4. The normalized spacial score (nSPS) is 40.3. The van der Waals surface area contributed by atoms with Crippen LogP contribution in [0.2, 0.25) is 0 Å². The number of hydrogen-bond acceptors (Lipinski definition) is 4. The molecule has 0 N–H and O–H groups in total. The van der Waals surface area contributed by atoms with Crippen LogP contribution in [0.15, 0.2) is 42.7 Å². The molecular weight excluding hydrogens is 376 g/mol. The summed E-state index contributed by atoms with van der Waals surface area (Å²) in [6.45, 7) is 13.3. The average Bonchev–Trinajstić information content (AvgIpc) is 3.13. The number of benzene rings is 1. The number of esters is 1. The monoisotopic (exact) mass is 408 g/mol. The first-order chi connectivity index (χ1) is 14.2. The van der Waals surface area contributed by atoms with Gasteiger partial charge in [-0.05, 0) is 49.4 Å². The van der Waals surface area contributed by atoms with E-state index in [1.54, 1.807) is 6.26 Å². The maximum atomic E-state index is 13.0. The molecule has 5 atom stereocenters. The van der Waals surface area contributed by atoms with Crippen LogP contribution < -0.4 is 0 Å². The Hall–Kier alpha value is -2.23. The lowest BCUT2D eigenvalue weighted by molar-refractivity contribution is -0.164. The number of hydrogen-bond donors (Lipinski definition) is 0. The summed E-state index contributed by atoms with van der Waals surface area (Å²) in [5, 5.41) is 0. The Balaban J connectivity index is 1.50. The molecule has 1 aromatic rings. The second-order valence-electron chi connectivity index (χ2n) is 10.7. The van der Waals surface area contributed by atoms with E-state index in [9.17, 15) is 4.79 Å². The van der Waals surface area contributed by atoms with Gasteiger partial charge in [0.05, 0.1) is 11.8 Å². The summed E-state index contributed by atoms with van der Waals surface area (Å²) >= 11 is 0. The third-order valence-electron chi connectivity index (χ3n) is 8.43. The van der Waals surface area contributed by atoms with Crippen molar-refractivity contribution in [2.45, 2.75) is 71.7 Å². The summed E-state index contributed by atoms with van der Waals surface area (Å²) in [5.74, 6) is 0.970. The second-order valence-corrected chi connectivity index (χ2v) is 10.7. The second kappa shape index (κ2) is 6.38. The van der Waals surface area contributed by atoms with Crippen LogP contribution in [0.4, 0.5) is 0 Å². The lowest BCUT2D eigenvalue weighted by Crippen LogP contribution is -2.56. The Labute approximate surface area is 179 Å². The Morgan fingerprint density at radius 3 is 2.70 bits per heavy atom. The highest BCUT2D eigenvalue weighted by Gasteiger charge is 2.65. The topological polar surface area (TPSA) is 44.8 Å². The van der Waals surface area contributed by atoms with Gasteiger partial charge in [-0.1, -0.05) is 58.0 Å². The summed E-state index contributed by atoms with van der Waals surface area (Å²) in [7, 11) is 0. The molecule has 2 aliphatic carbocycles. The molecule has 2 heterocycles. The van der Waals surface area contributed by atoms with Gasteiger partial charge >= 0.3 is 5.97 Å². The molecule has 3 fully saturated rings. The van der Waals surface area contributed by atoms with Crippen LogP contribution in [0.25, 0.3) is 5.76 Å². The van der Waals surface area contributed by atoms with Crippen LogP contribution in [-0.2, 0) is 19.0 Å². The lowest BCUT2D eigenvalue weighted by atomic mass is 9.45. The largest absolute Gasteiger partial charge is 0.458 e. The molecule has 0 spiro atoms. The quantitative estimate of drug-likeness (QED) is 0.335. The molecule has 0 amide bonds. The fraction of sp³-hybridized carbons (Fsp3) is 0.577. The Bertz CT molecular complexity index is 944. The Morgan fingerprint density at radius 1 is 1.13 bits per heavy atom. The van der Waals surface area contributed by atoms with Gasteiger partial charge < -0.3 is 14.2 Å². The molecule has 0 radical (unpaired) electrons. The van der Waals surface area contributed by atoms with E-state index in [1.807, 2.05) is 24.3 Å². The minimum Gasteiger partial charge on any atom is -0.458 e. The van der Waals surface area contributed by atoms with Gasteiger partial charge in [0.2, 0.25) is 0 Å². The maximum absolute atomic E-state index is 13.0. The maximum Gasteiger partial charge on any atom is 0.338 e. The third kappa shape index (κ3) is 2.68. The van der Waals surface area contributed by atoms with Gasteiger partial charge in [-0.25, -0.2) is 4.79 Å². The van der Waals surface area contributed by atoms with Gasteiger partial charge in [0.1, 0.15) is 11.4 Å². The zero-order chi connectivity index (χ0) is 21.3. The van der Waals surface area contributed by atoms with E-state index in [0.29, 0.717) is 17.3 Å². The van der Waals surface area contributed by atoms with Gasteiger partial charge in [-0.15, -0.1) is 0 Å². The van der Waals surface area contributed by atoms with Crippen LogP contribution in [0.1, 0.15) is 77.2 Å². The molecule has 30 heavy (non-hydrogen) atoms. The standard InChI is InChI=1S/C26H32O4/c1-16-17-9-6-7-10-18(17)23(29-16)28-15-19-21-25(4)13-8-12-24(2,3)20(25)11-14-26(21,5)30-22(19)27/h6-7,9-10,15,20-21,23H,1,8,11-14H2,2-5H3/b19-15+/t20-,21+,23?,25-,26+/m1/s1. The number of rotatable bonds is 2. The van der Waals surface area contributed by atoms with Gasteiger partial charge in [0, 0.05) is 17.0 Å². The smallest absolute Gasteiger partial charge is 0.338 e. The molecule has 0 aromatic heterocycles. The van der Waals surface area contributed by atoms with Crippen molar-refractivity contribution in [2.75, 3.05) is 0 Å². The average molecular weight is 409 g/mol. The molecule has 1 aromatic carbocycles. The van der Waals surface area contributed by atoms with Gasteiger partial charge in [-0.3, -0.25) is 0 Å². The SMILES string of the molecule is C=C1OC(O/C=C2/C(=O)O[C@@]3(C)CC[C@@H]4C(C)(C)CCC[C@@]4(C)[C@H]23)c2ccccc21. The molecule has 1 unspecified atom stereocenters. The van der Waals surface area contributed by atoms with Crippen molar-refractivity contribution in [3.05, 3.63) is 53.8 Å². The minimum absolute atomic E-state index is 0.0220. The van der Waals surface area contributed by atoms with Crippen LogP contribution >= 0.6 is 0 Å². The van der Waals surface area contributed by atoms with Crippen molar-refractivity contribution in [1.29, 1.82) is 0 Å². The van der Waals surface area contributed by atoms with Crippen molar-refractivity contribution in [2.24, 2.45) is 22.7 Å². The summed E-state index contributed by atoms with van der Waals surface area (Å²) in [5.41, 5.74) is 2.41. The number of carbonyl (C=O) groups excluding carboxylic acids is 1. The van der Waals surface area contributed by atoms with Gasteiger partial charge in [0.15, 0.2) is 0 Å². The number of carbonyl (C=O) groups is 1. The molecule has 1 saturated heterocycles. The molecule has 160 valence electrons. The van der Waals surface area contributed by atoms with Crippen molar-refractivity contribution in [3.63, 3.8) is 0 Å². The van der Waals surface area contributed by atoms with Crippen molar-refractivity contribution in [1.82, 2.24) is 0 Å². The van der Waals surface area contributed by atoms with Crippen molar-refractivity contribution in [3.8, 4) is 0 Å². The summed E-state index contributed by atoms with van der Waals surface area (Å²) in [4.78, 5) is 13.0. The zero-order valence-electron chi connectivity index (χ0n) is 18.5. The fourth-order valence-electron chi connectivity index (χ4n) is 7.25. The van der Waals surface area contributed by atoms with Crippen molar-refractivity contribution >= 4 is 11.7 Å². The van der Waals surface area contributed by atoms with E-state index in [1.165, 1.54) is 12.8 Å². The van der Waals surface area contributed by atoms with Crippen molar-refractivity contribution < 1.29 is 19.0 Å². The van der Waals surface area contributed by atoms with Crippen LogP contribution in [0, 0.1) is 22.7 Å². The van der Waals surface area contributed by atoms with E-state index < -0.39 is 11.9 Å².